The van der Waals surface area contributed by atoms with E-state index in [9.17, 15) is 0 Å². The van der Waals surface area contributed by atoms with E-state index in [0.29, 0.717) is 11.5 Å². The number of nitrogens with two attached hydrogens (primary N) is 1. The largest absolute Gasteiger partial charge is 0.329 e. The highest BCUT2D eigenvalue weighted by Gasteiger charge is 2.13. The molecule has 0 aliphatic carbocycles. The smallest absolute Gasteiger partial charge is 0.240 e. The molecule has 104 valence electrons. The first-order chi connectivity index (χ1) is 10.2. The lowest BCUT2D eigenvalue weighted by atomic mass is 10.2. The summed E-state index contributed by atoms with van der Waals surface area (Å²) in [7, 11) is 1.92. The third kappa shape index (κ3) is 2.38. The molecule has 0 aliphatic rings. The van der Waals surface area contributed by atoms with Gasteiger partial charge in [0.25, 0.3) is 0 Å². The molecule has 0 saturated heterocycles. The maximum Gasteiger partial charge on any atom is 0.240 e. The van der Waals surface area contributed by atoms with Gasteiger partial charge in [-0.2, -0.15) is 10.2 Å². The van der Waals surface area contributed by atoms with Crippen LogP contribution in [0.1, 0.15) is 5.56 Å². The van der Waals surface area contributed by atoms with Gasteiger partial charge in [0.2, 0.25) is 5.95 Å². The molecule has 0 atom stereocenters. The molecule has 3 rings (SSSR count). The average Bonchev–Trinajstić information content (AvgIpc) is 3.01. The molecule has 2 heterocycles. The second-order valence-electron chi connectivity index (χ2n) is 4.37. The first-order valence-electron chi connectivity index (χ1n) is 6.18. The van der Waals surface area contributed by atoms with Crippen molar-refractivity contribution in [3.63, 3.8) is 0 Å². The summed E-state index contributed by atoms with van der Waals surface area (Å²) in [6.45, 7) is 0. The van der Waals surface area contributed by atoms with Gasteiger partial charge in [-0.3, -0.25) is 5.43 Å². The fourth-order valence-corrected chi connectivity index (χ4v) is 2.80. The van der Waals surface area contributed by atoms with Gasteiger partial charge in [-0.15, -0.1) is 11.3 Å². The lowest BCUT2D eigenvalue weighted by Crippen LogP contribution is -2.15. The van der Waals surface area contributed by atoms with E-state index in [0.717, 1.165) is 21.7 Å². The highest BCUT2D eigenvalue weighted by molar-refractivity contribution is 7.16. The zero-order valence-corrected chi connectivity index (χ0v) is 12.1. The van der Waals surface area contributed by atoms with Crippen molar-refractivity contribution in [2.75, 3.05) is 17.4 Å². The summed E-state index contributed by atoms with van der Waals surface area (Å²) in [6.07, 6.45) is 0. The number of anilines is 3. The molecule has 0 saturated carbocycles. The Bertz CT molecular complexity index is 818. The maximum absolute atomic E-state index is 8.86. The number of nitrogens with zero attached hydrogens (tertiary/aromatic N) is 4. The number of thiophene rings is 1. The molecule has 7 heteroatoms. The number of rotatable bonds is 3. The van der Waals surface area contributed by atoms with Crippen LogP contribution in [0, 0.1) is 11.3 Å². The Morgan fingerprint density at radius 2 is 2.00 bits per heavy atom. The highest BCUT2D eigenvalue weighted by Crippen LogP contribution is 2.32. The molecule has 21 heavy (non-hydrogen) atoms. The van der Waals surface area contributed by atoms with Crippen LogP contribution in [-0.4, -0.2) is 17.0 Å². The number of aromatic nitrogens is 2. The number of nitriles is 1. The van der Waals surface area contributed by atoms with Crippen LogP contribution in [0.25, 0.3) is 10.2 Å². The van der Waals surface area contributed by atoms with Crippen LogP contribution >= 0.6 is 11.3 Å². The van der Waals surface area contributed by atoms with Crippen LogP contribution in [0.15, 0.2) is 35.7 Å². The fourth-order valence-electron chi connectivity index (χ4n) is 2.04. The quantitative estimate of drug-likeness (QED) is 0.570. The van der Waals surface area contributed by atoms with Crippen LogP contribution in [0.3, 0.4) is 0 Å². The number of benzene rings is 1. The Labute approximate surface area is 125 Å². The summed E-state index contributed by atoms with van der Waals surface area (Å²) in [5.74, 6) is 6.57. The molecule has 1 aromatic carbocycles. The molecule has 0 fully saturated rings. The molecule has 0 spiro atoms. The van der Waals surface area contributed by atoms with Crippen LogP contribution in [0.5, 0.6) is 0 Å². The third-order valence-electron chi connectivity index (χ3n) is 3.14. The van der Waals surface area contributed by atoms with Gasteiger partial charge in [0.05, 0.1) is 17.0 Å². The molecule has 6 nitrogen and oxygen atoms in total. The Morgan fingerprint density at radius 1 is 1.24 bits per heavy atom. The molecule has 3 N–H and O–H groups in total. The minimum absolute atomic E-state index is 0.375. The number of hydrogen-bond donors (Lipinski definition) is 2. The van der Waals surface area contributed by atoms with E-state index in [1.165, 1.54) is 11.3 Å². The van der Waals surface area contributed by atoms with Crippen molar-refractivity contribution in [3.8, 4) is 6.07 Å². The van der Waals surface area contributed by atoms with Crippen LogP contribution < -0.4 is 16.2 Å². The van der Waals surface area contributed by atoms with Gasteiger partial charge in [0.15, 0.2) is 0 Å². The first-order valence-corrected chi connectivity index (χ1v) is 7.06. The third-order valence-corrected chi connectivity index (χ3v) is 3.94. The molecule has 0 aliphatic heterocycles. The van der Waals surface area contributed by atoms with Gasteiger partial charge in [-0.05, 0) is 35.7 Å². The lowest BCUT2D eigenvalue weighted by Gasteiger charge is -2.19. The van der Waals surface area contributed by atoms with Gasteiger partial charge in [0, 0.05) is 12.7 Å². The summed E-state index contributed by atoms with van der Waals surface area (Å²) < 4.78 is 0. The number of nitrogen functional groups attached to an aromatic ring is 1. The molecule has 0 unspecified atom stereocenters. The van der Waals surface area contributed by atoms with E-state index >= 15 is 0 Å². The molecule has 0 radical (unpaired) electrons. The fraction of sp³-hybridized carbons (Fsp3) is 0.0714. The van der Waals surface area contributed by atoms with Gasteiger partial charge in [-0.1, -0.05) is 0 Å². The van der Waals surface area contributed by atoms with Gasteiger partial charge >= 0.3 is 0 Å². The van der Waals surface area contributed by atoms with Crippen molar-refractivity contribution in [1.82, 2.24) is 9.97 Å². The van der Waals surface area contributed by atoms with Crippen molar-refractivity contribution >= 4 is 39.0 Å². The summed E-state index contributed by atoms with van der Waals surface area (Å²) >= 11 is 1.53. The number of hydrazine groups is 1. The minimum Gasteiger partial charge on any atom is -0.329 e. The van der Waals surface area contributed by atoms with Crippen LogP contribution in [-0.2, 0) is 0 Å². The van der Waals surface area contributed by atoms with E-state index < -0.39 is 0 Å². The van der Waals surface area contributed by atoms with E-state index in [1.807, 2.05) is 35.5 Å². The molecule has 3 aromatic rings. The highest BCUT2D eigenvalue weighted by atomic mass is 32.1. The molecule has 2 aromatic heterocycles. The predicted octanol–water partition coefficient (Wildman–Crippen LogP) is 2.62. The number of nitrogens with one attached hydrogen (secondary N) is 1. The summed E-state index contributed by atoms with van der Waals surface area (Å²) in [5, 5.41) is 11.8. The lowest BCUT2D eigenvalue weighted by molar-refractivity contribution is 1.09. The molecule has 0 bridgehead atoms. The van der Waals surface area contributed by atoms with Gasteiger partial charge < -0.3 is 4.90 Å². The zero-order chi connectivity index (χ0) is 14.8. The Balaban J connectivity index is 2.09. The van der Waals surface area contributed by atoms with Crippen LogP contribution in [0.4, 0.5) is 17.5 Å². The molecule has 0 amide bonds. The summed E-state index contributed by atoms with van der Waals surface area (Å²) in [5.41, 5.74) is 4.05. The topological polar surface area (TPSA) is 90.9 Å². The minimum atomic E-state index is 0.375. The number of fused-ring (bicyclic) bond motifs is 1. The maximum atomic E-state index is 8.86. The second kappa shape index (κ2) is 5.36. The Hall–Kier alpha value is -2.69. The normalized spacial score (nSPS) is 10.3. The van der Waals surface area contributed by atoms with E-state index in [4.69, 9.17) is 11.1 Å². The van der Waals surface area contributed by atoms with Crippen molar-refractivity contribution in [2.24, 2.45) is 5.84 Å². The first kappa shape index (κ1) is 13.3. The predicted molar refractivity (Wildman–Crippen MR) is 84.4 cm³/mol. The second-order valence-corrected chi connectivity index (χ2v) is 5.27. The average molecular weight is 296 g/mol. The van der Waals surface area contributed by atoms with E-state index in [1.54, 1.807) is 12.1 Å². The molecular weight excluding hydrogens is 284 g/mol. The Morgan fingerprint density at radius 3 is 2.67 bits per heavy atom. The SMILES string of the molecule is CN(c1ccc(C#N)cc1)c1nc(NN)nc2sccc12. The number of hydrogen-bond acceptors (Lipinski definition) is 7. The van der Waals surface area contributed by atoms with Crippen molar-refractivity contribution < 1.29 is 0 Å². The zero-order valence-electron chi connectivity index (χ0n) is 11.2. The summed E-state index contributed by atoms with van der Waals surface area (Å²) in [6, 6.07) is 11.4. The van der Waals surface area contributed by atoms with Crippen molar-refractivity contribution in [1.29, 1.82) is 5.26 Å². The van der Waals surface area contributed by atoms with Crippen molar-refractivity contribution in [2.45, 2.75) is 0 Å². The monoisotopic (exact) mass is 296 g/mol. The van der Waals surface area contributed by atoms with Gasteiger partial charge in [-0.25, -0.2) is 10.8 Å². The van der Waals surface area contributed by atoms with Gasteiger partial charge in [0.1, 0.15) is 10.6 Å². The van der Waals surface area contributed by atoms with E-state index in [2.05, 4.69) is 21.5 Å². The summed E-state index contributed by atoms with van der Waals surface area (Å²) in [4.78, 5) is 11.6. The Kier molecular flexibility index (Phi) is 3.39. The van der Waals surface area contributed by atoms with Crippen LogP contribution in [0.2, 0.25) is 0 Å². The molecular formula is C14H12N6S. The standard InChI is InChI=1S/C14H12N6S/c1-20(10-4-2-9(8-15)3-5-10)12-11-6-7-21-13(11)18-14(17-12)19-16/h2-7H,16H2,1H3,(H,17,18,19). The van der Waals surface area contributed by atoms with Crippen molar-refractivity contribution in [3.05, 3.63) is 41.3 Å². The van der Waals surface area contributed by atoms with E-state index in [-0.39, 0.29) is 0 Å².